The summed E-state index contributed by atoms with van der Waals surface area (Å²) in [4.78, 5) is 11.2. The number of hydrogen-bond acceptors (Lipinski definition) is 3. The lowest BCUT2D eigenvalue weighted by Crippen LogP contribution is -2.44. The summed E-state index contributed by atoms with van der Waals surface area (Å²) in [5.41, 5.74) is 5.14. The van der Waals surface area contributed by atoms with Crippen molar-refractivity contribution in [1.29, 1.82) is 0 Å². The van der Waals surface area contributed by atoms with Gasteiger partial charge in [-0.15, -0.1) is 0 Å². The van der Waals surface area contributed by atoms with Crippen molar-refractivity contribution in [2.45, 2.75) is 30.7 Å². The lowest BCUT2D eigenvalue weighted by molar-refractivity contribution is -0.119. The first kappa shape index (κ1) is 13.7. The number of primary amides is 1. The van der Waals surface area contributed by atoms with Gasteiger partial charge in [-0.2, -0.15) is 4.72 Å². The number of amides is 1. The Labute approximate surface area is 101 Å². The molecule has 6 heteroatoms. The minimum Gasteiger partial charge on any atom is -0.368 e. The van der Waals surface area contributed by atoms with E-state index in [0.29, 0.717) is 12.8 Å². The number of nitrogens with one attached hydrogen (secondary N) is 1. The molecule has 0 aliphatic heterocycles. The maximum Gasteiger partial charge on any atom is 0.241 e. The van der Waals surface area contributed by atoms with E-state index >= 15 is 0 Å². The quantitative estimate of drug-likeness (QED) is 0.781. The van der Waals surface area contributed by atoms with Crippen molar-refractivity contribution in [2.75, 3.05) is 0 Å². The number of rotatable bonds is 6. The highest BCUT2D eigenvalue weighted by molar-refractivity contribution is 7.89. The third-order valence-electron chi connectivity index (χ3n) is 2.27. The van der Waals surface area contributed by atoms with Crippen LogP contribution in [0.15, 0.2) is 35.2 Å². The van der Waals surface area contributed by atoms with Crippen LogP contribution in [0.3, 0.4) is 0 Å². The van der Waals surface area contributed by atoms with Gasteiger partial charge in [0.25, 0.3) is 0 Å². The second kappa shape index (κ2) is 5.79. The Balaban J connectivity index is 2.89. The lowest BCUT2D eigenvalue weighted by Gasteiger charge is -2.14. The predicted molar refractivity (Wildman–Crippen MR) is 64.7 cm³/mol. The van der Waals surface area contributed by atoms with Crippen LogP contribution in [-0.2, 0) is 14.8 Å². The SMILES string of the molecule is CCC[C@H](NS(=O)(=O)c1ccccc1)C(N)=O. The molecule has 0 bridgehead atoms. The van der Waals surface area contributed by atoms with Gasteiger partial charge in [-0.3, -0.25) is 4.79 Å². The molecule has 0 radical (unpaired) electrons. The second-order valence-corrected chi connectivity index (χ2v) is 5.39. The van der Waals surface area contributed by atoms with Crippen molar-refractivity contribution >= 4 is 15.9 Å². The van der Waals surface area contributed by atoms with Crippen LogP contribution in [0.25, 0.3) is 0 Å². The van der Waals surface area contributed by atoms with E-state index in [2.05, 4.69) is 4.72 Å². The summed E-state index contributed by atoms with van der Waals surface area (Å²) in [6.45, 7) is 1.85. The van der Waals surface area contributed by atoms with E-state index in [1.54, 1.807) is 18.2 Å². The van der Waals surface area contributed by atoms with Gasteiger partial charge in [-0.1, -0.05) is 31.5 Å². The standard InChI is InChI=1S/C11H16N2O3S/c1-2-6-10(11(12)14)13-17(15,16)9-7-4-3-5-8-9/h3-5,7-8,10,13H,2,6H2,1H3,(H2,12,14)/t10-/m0/s1. The first-order valence-corrected chi connectivity index (χ1v) is 6.82. The van der Waals surface area contributed by atoms with E-state index in [0.717, 1.165) is 0 Å². The molecule has 0 spiro atoms. The summed E-state index contributed by atoms with van der Waals surface area (Å²) in [5, 5.41) is 0. The molecule has 0 saturated carbocycles. The molecular formula is C11H16N2O3S. The van der Waals surface area contributed by atoms with Crippen LogP contribution >= 0.6 is 0 Å². The summed E-state index contributed by atoms with van der Waals surface area (Å²) in [6.07, 6.45) is 1.06. The van der Waals surface area contributed by atoms with Crippen LogP contribution in [0.4, 0.5) is 0 Å². The molecule has 0 fully saturated rings. The summed E-state index contributed by atoms with van der Waals surface area (Å²) in [6, 6.07) is 7.03. The molecule has 1 atom stereocenters. The highest BCUT2D eigenvalue weighted by Gasteiger charge is 2.22. The zero-order valence-electron chi connectivity index (χ0n) is 9.59. The van der Waals surface area contributed by atoms with E-state index in [-0.39, 0.29) is 4.90 Å². The molecule has 5 nitrogen and oxygen atoms in total. The zero-order chi connectivity index (χ0) is 12.9. The Morgan fingerprint density at radius 3 is 2.41 bits per heavy atom. The van der Waals surface area contributed by atoms with Crippen LogP contribution in [0.1, 0.15) is 19.8 Å². The molecule has 0 saturated heterocycles. The van der Waals surface area contributed by atoms with E-state index in [4.69, 9.17) is 5.73 Å². The Morgan fingerprint density at radius 1 is 1.35 bits per heavy atom. The van der Waals surface area contributed by atoms with Crippen molar-refractivity contribution in [1.82, 2.24) is 4.72 Å². The van der Waals surface area contributed by atoms with Gasteiger partial charge in [0, 0.05) is 0 Å². The van der Waals surface area contributed by atoms with Crippen LogP contribution in [0.5, 0.6) is 0 Å². The van der Waals surface area contributed by atoms with E-state index in [1.165, 1.54) is 12.1 Å². The molecule has 0 aromatic heterocycles. The summed E-state index contributed by atoms with van der Waals surface area (Å²) < 4.78 is 26.1. The molecule has 3 N–H and O–H groups in total. The van der Waals surface area contributed by atoms with Crippen molar-refractivity contribution in [3.05, 3.63) is 30.3 Å². The number of nitrogens with two attached hydrogens (primary N) is 1. The van der Waals surface area contributed by atoms with E-state index in [9.17, 15) is 13.2 Å². The van der Waals surface area contributed by atoms with Crippen LogP contribution < -0.4 is 10.5 Å². The van der Waals surface area contributed by atoms with Crippen molar-refractivity contribution in [3.8, 4) is 0 Å². The topological polar surface area (TPSA) is 89.3 Å². The fraction of sp³-hybridized carbons (Fsp3) is 0.364. The van der Waals surface area contributed by atoms with E-state index < -0.39 is 22.0 Å². The molecule has 0 unspecified atom stereocenters. The van der Waals surface area contributed by atoms with Gasteiger partial charge in [0.05, 0.1) is 4.90 Å². The molecule has 0 aliphatic carbocycles. The number of carbonyl (C=O) groups is 1. The molecule has 17 heavy (non-hydrogen) atoms. The molecule has 94 valence electrons. The number of hydrogen-bond donors (Lipinski definition) is 2. The second-order valence-electron chi connectivity index (χ2n) is 3.68. The number of sulfonamides is 1. The Hall–Kier alpha value is -1.40. The minimum absolute atomic E-state index is 0.127. The fourth-order valence-corrected chi connectivity index (χ4v) is 2.66. The van der Waals surface area contributed by atoms with Crippen molar-refractivity contribution in [3.63, 3.8) is 0 Å². The Bertz CT molecular complexity index is 471. The molecule has 1 amide bonds. The first-order chi connectivity index (χ1) is 7.97. The predicted octanol–water partition coefficient (Wildman–Crippen LogP) is 0.619. The van der Waals surface area contributed by atoms with Gasteiger partial charge in [0.1, 0.15) is 6.04 Å². The van der Waals surface area contributed by atoms with Crippen molar-refractivity contribution in [2.24, 2.45) is 5.73 Å². The third-order valence-corrected chi connectivity index (χ3v) is 3.76. The van der Waals surface area contributed by atoms with Crippen molar-refractivity contribution < 1.29 is 13.2 Å². The fourth-order valence-electron chi connectivity index (χ4n) is 1.40. The summed E-state index contributed by atoms with van der Waals surface area (Å²) >= 11 is 0. The Morgan fingerprint density at radius 2 is 1.94 bits per heavy atom. The lowest BCUT2D eigenvalue weighted by atomic mass is 10.2. The number of carbonyl (C=O) groups excluding carboxylic acids is 1. The Kier molecular flexibility index (Phi) is 4.65. The van der Waals surface area contributed by atoms with Crippen LogP contribution in [0, 0.1) is 0 Å². The van der Waals surface area contributed by atoms with Gasteiger partial charge >= 0.3 is 0 Å². The normalized spacial score (nSPS) is 13.2. The molecule has 0 heterocycles. The molecule has 0 aliphatic rings. The largest absolute Gasteiger partial charge is 0.368 e. The molecule has 1 aromatic rings. The zero-order valence-corrected chi connectivity index (χ0v) is 10.4. The molecular weight excluding hydrogens is 240 g/mol. The molecule has 1 aromatic carbocycles. The third kappa shape index (κ3) is 3.83. The maximum absolute atomic E-state index is 11.9. The minimum atomic E-state index is -3.68. The van der Waals surface area contributed by atoms with E-state index in [1.807, 2.05) is 6.92 Å². The first-order valence-electron chi connectivity index (χ1n) is 5.34. The highest BCUT2D eigenvalue weighted by atomic mass is 32.2. The molecule has 1 rings (SSSR count). The summed E-state index contributed by atoms with van der Waals surface area (Å²) in [7, 11) is -3.68. The number of benzene rings is 1. The van der Waals surface area contributed by atoms with Gasteiger partial charge in [-0.05, 0) is 18.6 Å². The van der Waals surface area contributed by atoms with Gasteiger partial charge in [-0.25, -0.2) is 8.42 Å². The smallest absolute Gasteiger partial charge is 0.241 e. The van der Waals surface area contributed by atoms with Gasteiger partial charge in [0.15, 0.2) is 0 Å². The van der Waals surface area contributed by atoms with Crippen LogP contribution in [-0.4, -0.2) is 20.4 Å². The highest BCUT2D eigenvalue weighted by Crippen LogP contribution is 2.09. The average molecular weight is 256 g/mol. The monoisotopic (exact) mass is 256 g/mol. The van der Waals surface area contributed by atoms with Gasteiger partial charge < -0.3 is 5.73 Å². The maximum atomic E-state index is 11.9. The van der Waals surface area contributed by atoms with Gasteiger partial charge in [0.2, 0.25) is 15.9 Å². The summed E-state index contributed by atoms with van der Waals surface area (Å²) in [5.74, 6) is -0.661. The average Bonchev–Trinajstić information content (AvgIpc) is 2.29. The van der Waals surface area contributed by atoms with Crippen LogP contribution in [0.2, 0.25) is 0 Å².